The van der Waals surface area contributed by atoms with Crippen molar-refractivity contribution < 1.29 is 42.0 Å². The van der Waals surface area contributed by atoms with E-state index in [-0.39, 0.29) is 11.3 Å². The lowest BCUT2D eigenvalue weighted by molar-refractivity contribution is -0.386. The van der Waals surface area contributed by atoms with E-state index in [9.17, 15) is 42.4 Å². The van der Waals surface area contributed by atoms with E-state index in [2.05, 4.69) is 5.48 Å². The SMILES string of the molecule is CC1NOC(=O)c2ccc(NC(=O)C(O)(CC(C)(C)c3cc(F)ccc3[N+](=O)[O-])C(F)(F)F)cc21. The van der Waals surface area contributed by atoms with Gasteiger partial charge >= 0.3 is 12.1 Å². The average Bonchev–Trinajstić information content (AvgIpc) is 2.75. The molecule has 9 nitrogen and oxygen atoms in total. The average molecular weight is 499 g/mol. The molecule has 0 fully saturated rings. The molecule has 0 radical (unpaired) electrons. The maximum atomic E-state index is 14.0. The van der Waals surface area contributed by atoms with Crippen LogP contribution >= 0.6 is 0 Å². The van der Waals surface area contributed by atoms with Crippen molar-refractivity contribution in [2.75, 3.05) is 5.32 Å². The lowest BCUT2D eigenvalue weighted by Gasteiger charge is -2.36. The van der Waals surface area contributed by atoms with Gasteiger partial charge in [-0.3, -0.25) is 14.9 Å². The van der Waals surface area contributed by atoms with Crippen LogP contribution in [0.2, 0.25) is 0 Å². The summed E-state index contributed by atoms with van der Waals surface area (Å²) in [6, 6.07) is 5.41. The van der Waals surface area contributed by atoms with Crippen LogP contribution in [0, 0.1) is 15.9 Å². The van der Waals surface area contributed by atoms with Gasteiger partial charge in [-0.05, 0) is 42.8 Å². The minimum absolute atomic E-state index is 0.139. The topological polar surface area (TPSA) is 131 Å². The van der Waals surface area contributed by atoms with Gasteiger partial charge in [-0.15, -0.1) is 5.48 Å². The molecule has 0 aromatic heterocycles. The number of aliphatic hydroxyl groups is 1. The van der Waals surface area contributed by atoms with E-state index in [1.807, 2.05) is 5.32 Å². The summed E-state index contributed by atoms with van der Waals surface area (Å²) >= 11 is 0. The zero-order chi connectivity index (χ0) is 26.3. The number of amides is 1. The van der Waals surface area contributed by atoms with E-state index in [0.29, 0.717) is 11.6 Å². The van der Waals surface area contributed by atoms with Crippen molar-refractivity contribution in [1.29, 1.82) is 0 Å². The number of benzene rings is 2. The van der Waals surface area contributed by atoms with E-state index >= 15 is 0 Å². The van der Waals surface area contributed by atoms with Crippen LogP contribution in [0.25, 0.3) is 0 Å². The Kier molecular flexibility index (Phi) is 6.61. The molecular weight excluding hydrogens is 478 g/mol. The number of carbonyl (C=O) groups is 2. The van der Waals surface area contributed by atoms with Gasteiger partial charge in [-0.1, -0.05) is 13.8 Å². The Hall–Kier alpha value is -3.58. The number of fused-ring (bicyclic) bond motifs is 1. The molecule has 1 aliphatic rings. The van der Waals surface area contributed by atoms with Gasteiger partial charge in [0, 0.05) is 29.2 Å². The molecule has 0 bridgehead atoms. The molecule has 13 heteroatoms. The number of alkyl halides is 3. The van der Waals surface area contributed by atoms with Crippen molar-refractivity contribution in [3.63, 3.8) is 0 Å². The minimum atomic E-state index is -5.50. The number of nitrogens with zero attached hydrogens (tertiary/aromatic N) is 1. The molecule has 0 spiro atoms. The second-order valence-corrected chi connectivity index (χ2v) is 8.82. The molecule has 0 saturated carbocycles. The zero-order valence-corrected chi connectivity index (χ0v) is 18.7. The highest BCUT2D eigenvalue weighted by atomic mass is 19.4. The largest absolute Gasteiger partial charge is 0.426 e. The normalized spacial score (nSPS) is 17.7. The van der Waals surface area contributed by atoms with E-state index in [1.165, 1.54) is 12.1 Å². The number of hydroxylamine groups is 1. The molecule has 0 saturated heterocycles. The number of nitro groups is 1. The van der Waals surface area contributed by atoms with Crippen LogP contribution in [0.15, 0.2) is 36.4 Å². The van der Waals surface area contributed by atoms with Crippen molar-refractivity contribution in [3.05, 3.63) is 69.0 Å². The highest BCUT2D eigenvalue weighted by molar-refractivity contribution is 5.99. The van der Waals surface area contributed by atoms with E-state index in [0.717, 1.165) is 32.0 Å². The lowest BCUT2D eigenvalue weighted by Crippen LogP contribution is -2.57. The third-order valence-electron chi connectivity index (χ3n) is 5.75. The number of rotatable bonds is 6. The molecule has 3 rings (SSSR count). The van der Waals surface area contributed by atoms with Crippen LogP contribution < -0.4 is 10.8 Å². The molecule has 188 valence electrons. The van der Waals surface area contributed by atoms with E-state index in [4.69, 9.17) is 4.84 Å². The van der Waals surface area contributed by atoms with Crippen LogP contribution in [0.1, 0.15) is 54.7 Å². The Morgan fingerprint density at radius 3 is 2.49 bits per heavy atom. The van der Waals surface area contributed by atoms with Crippen molar-refractivity contribution >= 4 is 23.3 Å². The number of anilines is 1. The Morgan fingerprint density at radius 2 is 1.89 bits per heavy atom. The molecule has 35 heavy (non-hydrogen) atoms. The summed E-state index contributed by atoms with van der Waals surface area (Å²) in [6.07, 6.45) is -6.85. The minimum Gasteiger partial charge on any atom is -0.373 e. The first-order valence-electron chi connectivity index (χ1n) is 10.2. The second-order valence-electron chi connectivity index (χ2n) is 8.82. The van der Waals surface area contributed by atoms with Gasteiger partial charge in [0.2, 0.25) is 5.60 Å². The van der Waals surface area contributed by atoms with Gasteiger partial charge in [0.15, 0.2) is 0 Å². The highest BCUT2D eigenvalue weighted by Crippen LogP contribution is 2.44. The fourth-order valence-corrected chi connectivity index (χ4v) is 3.93. The van der Waals surface area contributed by atoms with E-state index in [1.54, 1.807) is 6.92 Å². The molecule has 2 unspecified atom stereocenters. The Morgan fingerprint density at radius 1 is 1.23 bits per heavy atom. The smallest absolute Gasteiger partial charge is 0.373 e. The Balaban J connectivity index is 1.98. The molecule has 2 aromatic rings. The van der Waals surface area contributed by atoms with Crippen LogP contribution in [-0.4, -0.2) is 33.7 Å². The summed E-state index contributed by atoms with van der Waals surface area (Å²) in [6.45, 7) is 3.85. The van der Waals surface area contributed by atoms with Crippen molar-refractivity contribution in [1.82, 2.24) is 5.48 Å². The first-order valence-corrected chi connectivity index (χ1v) is 10.2. The zero-order valence-electron chi connectivity index (χ0n) is 18.7. The Labute approximate surface area is 196 Å². The number of hydrogen-bond acceptors (Lipinski definition) is 7. The fourth-order valence-electron chi connectivity index (χ4n) is 3.93. The van der Waals surface area contributed by atoms with Crippen molar-refractivity contribution in [2.24, 2.45) is 0 Å². The van der Waals surface area contributed by atoms with Crippen LogP contribution in [-0.2, 0) is 15.0 Å². The van der Waals surface area contributed by atoms with Crippen molar-refractivity contribution in [3.8, 4) is 0 Å². The van der Waals surface area contributed by atoms with Gasteiger partial charge in [0.25, 0.3) is 11.6 Å². The molecule has 1 aliphatic heterocycles. The molecule has 0 aliphatic carbocycles. The predicted octanol–water partition coefficient (Wildman–Crippen LogP) is 4.07. The third kappa shape index (κ3) is 4.95. The van der Waals surface area contributed by atoms with Crippen LogP contribution in [0.3, 0.4) is 0 Å². The molecule has 1 heterocycles. The first-order chi connectivity index (χ1) is 16.1. The van der Waals surface area contributed by atoms with Gasteiger partial charge in [0.05, 0.1) is 16.5 Å². The summed E-state index contributed by atoms with van der Waals surface area (Å²) in [5, 5.41) is 24.0. The summed E-state index contributed by atoms with van der Waals surface area (Å²) in [5.41, 5.74) is -4.22. The monoisotopic (exact) mass is 499 g/mol. The summed E-state index contributed by atoms with van der Waals surface area (Å²) in [7, 11) is 0. The predicted molar refractivity (Wildman–Crippen MR) is 114 cm³/mol. The van der Waals surface area contributed by atoms with Crippen LogP contribution in [0.5, 0.6) is 0 Å². The maximum Gasteiger partial charge on any atom is 0.426 e. The summed E-state index contributed by atoms with van der Waals surface area (Å²) in [5.74, 6) is -3.51. The number of halogens is 4. The molecule has 2 atom stereocenters. The third-order valence-corrected chi connectivity index (χ3v) is 5.75. The fraction of sp³-hybridized carbons (Fsp3) is 0.364. The van der Waals surface area contributed by atoms with Gasteiger partial charge in [-0.2, -0.15) is 13.2 Å². The van der Waals surface area contributed by atoms with Gasteiger partial charge < -0.3 is 15.3 Å². The van der Waals surface area contributed by atoms with E-state index < -0.39 is 63.5 Å². The molecular formula is C22H21F4N3O6. The van der Waals surface area contributed by atoms with Crippen LogP contribution in [0.4, 0.5) is 28.9 Å². The number of nitrogens with one attached hydrogen (secondary N) is 2. The quantitative estimate of drug-likeness (QED) is 0.310. The molecule has 1 amide bonds. The highest BCUT2D eigenvalue weighted by Gasteiger charge is 2.61. The maximum absolute atomic E-state index is 14.0. The number of hydrogen-bond donors (Lipinski definition) is 3. The summed E-state index contributed by atoms with van der Waals surface area (Å²) < 4.78 is 55.9. The second kappa shape index (κ2) is 8.89. The van der Waals surface area contributed by atoms with Gasteiger partial charge in [-0.25, -0.2) is 9.18 Å². The number of carbonyl (C=O) groups excluding carboxylic acids is 2. The van der Waals surface area contributed by atoms with Gasteiger partial charge in [0.1, 0.15) is 5.82 Å². The summed E-state index contributed by atoms with van der Waals surface area (Å²) in [4.78, 5) is 39.8. The standard InChI is InChI=1S/C22H21F4N3O6/c1-11-15-9-13(5-6-14(15)18(30)35-28-11)27-19(31)21(32,22(24,25)26)10-20(2,3)16-8-12(23)4-7-17(16)29(33)34/h4-9,11,28,32H,10H2,1-3H3,(H,27,31). The van der Waals surface area contributed by atoms with Crippen molar-refractivity contribution in [2.45, 2.75) is 50.4 Å². The molecule has 3 N–H and O–H groups in total. The molecule has 2 aromatic carbocycles. The lowest BCUT2D eigenvalue weighted by atomic mass is 9.74. The Bertz CT molecular complexity index is 1200. The first kappa shape index (κ1) is 26.0. The number of nitro benzene ring substituents is 1.